The summed E-state index contributed by atoms with van der Waals surface area (Å²) in [6, 6.07) is 9.50. The number of carbonyl (C=O) groups excluding carboxylic acids is 2. The van der Waals surface area contributed by atoms with Gasteiger partial charge in [0.2, 0.25) is 0 Å². The molecule has 21 heavy (non-hydrogen) atoms. The molecule has 7 heteroatoms. The normalized spacial score (nSPS) is 11.7. The van der Waals surface area contributed by atoms with Crippen molar-refractivity contribution in [3.63, 3.8) is 0 Å². The maximum atomic E-state index is 12.0. The van der Waals surface area contributed by atoms with Crippen LogP contribution in [0.3, 0.4) is 0 Å². The second-order valence-electron chi connectivity index (χ2n) is 4.21. The van der Waals surface area contributed by atoms with Crippen molar-refractivity contribution in [1.29, 1.82) is 0 Å². The van der Waals surface area contributed by atoms with E-state index in [2.05, 4.69) is 15.2 Å². The van der Waals surface area contributed by atoms with Crippen molar-refractivity contribution in [2.75, 3.05) is 13.7 Å². The highest BCUT2D eigenvalue weighted by molar-refractivity contribution is 14.1. The number of halogens is 1. The zero-order valence-corrected chi connectivity index (χ0v) is 13.5. The molecule has 2 aromatic rings. The van der Waals surface area contributed by atoms with Crippen molar-refractivity contribution in [3.05, 3.63) is 48.3 Å². The number of methoxy groups -OCH3 is 1. The summed E-state index contributed by atoms with van der Waals surface area (Å²) in [5.41, 5.74) is 1.31. The van der Waals surface area contributed by atoms with E-state index >= 15 is 0 Å². The standard InChI is InChI=1S/C14H14IN3O3/c1-21-14(20)12(15)8-16-13(19)10-7-17-18(9-10)11-5-3-2-4-6-11/h2-7,9,12H,8H2,1H3,(H,16,19). The molecule has 1 atom stereocenters. The predicted octanol–water partition coefficient (Wildman–Crippen LogP) is 1.58. The summed E-state index contributed by atoms with van der Waals surface area (Å²) in [5, 5.41) is 6.83. The molecule has 0 spiro atoms. The third kappa shape index (κ3) is 4.03. The summed E-state index contributed by atoms with van der Waals surface area (Å²) in [6.45, 7) is 0.211. The Morgan fingerprint density at radius 2 is 2.10 bits per heavy atom. The average molecular weight is 399 g/mol. The van der Waals surface area contributed by atoms with Crippen LogP contribution in [0.5, 0.6) is 0 Å². The topological polar surface area (TPSA) is 73.2 Å². The number of hydrogen-bond donors (Lipinski definition) is 1. The first-order chi connectivity index (χ1) is 10.1. The van der Waals surface area contributed by atoms with Crippen molar-refractivity contribution in [2.45, 2.75) is 3.92 Å². The summed E-state index contributed by atoms with van der Waals surface area (Å²) >= 11 is 1.92. The second-order valence-corrected chi connectivity index (χ2v) is 5.71. The number of rotatable bonds is 5. The first-order valence-electron chi connectivity index (χ1n) is 6.22. The van der Waals surface area contributed by atoms with Gasteiger partial charge in [-0.15, -0.1) is 0 Å². The number of nitrogens with zero attached hydrogens (tertiary/aromatic N) is 2. The minimum Gasteiger partial charge on any atom is -0.468 e. The molecule has 0 fully saturated rings. The number of para-hydroxylation sites is 1. The Hall–Kier alpha value is -1.90. The molecule has 1 N–H and O–H groups in total. The molecule has 0 saturated heterocycles. The van der Waals surface area contributed by atoms with E-state index in [0.29, 0.717) is 5.56 Å². The van der Waals surface area contributed by atoms with Crippen LogP contribution in [-0.4, -0.2) is 39.2 Å². The van der Waals surface area contributed by atoms with Crippen molar-refractivity contribution in [1.82, 2.24) is 15.1 Å². The highest BCUT2D eigenvalue weighted by Crippen LogP contribution is 2.08. The van der Waals surface area contributed by atoms with E-state index in [9.17, 15) is 9.59 Å². The Kier molecular flexibility index (Phi) is 5.32. The molecule has 0 radical (unpaired) electrons. The zero-order valence-electron chi connectivity index (χ0n) is 11.3. The van der Waals surface area contributed by atoms with Crippen LogP contribution in [-0.2, 0) is 9.53 Å². The molecule has 0 aliphatic rings. The molecule has 1 aromatic carbocycles. The van der Waals surface area contributed by atoms with Gasteiger partial charge in [0.15, 0.2) is 0 Å². The van der Waals surface area contributed by atoms with E-state index in [-0.39, 0.29) is 18.4 Å². The van der Waals surface area contributed by atoms with Crippen molar-refractivity contribution >= 4 is 34.5 Å². The number of esters is 1. The van der Waals surface area contributed by atoms with Gasteiger partial charge in [-0.1, -0.05) is 40.8 Å². The van der Waals surface area contributed by atoms with Crippen LogP contribution in [0.2, 0.25) is 0 Å². The lowest BCUT2D eigenvalue weighted by atomic mass is 10.3. The smallest absolute Gasteiger partial charge is 0.320 e. The highest BCUT2D eigenvalue weighted by atomic mass is 127. The maximum absolute atomic E-state index is 12.0. The molecule has 0 aliphatic carbocycles. The number of amides is 1. The van der Waals surface area contributed by atoms with Gasteiger partial charge in [0, 0.05) is 12.7 Å². The molecule has 1 aromatic heterocycles. The first kappa shape index (κ1) is 15.5. The largest absolute Gasteiger partial charge is 0.468 e. The van der Waals surface area contributed by atoms with Crippen molar-refractivity contribution in [3.8, 4) is 5.69 Å². The van der Waals surface area contributed by atoms with E-state index in [4.69, 9.17) is 0 Å². The molecule has 1 unspecified atom stereocenters. The number of alkyl halides is 1. The highest BCUT2D eigenvalue weighted by Gasteiger charge is 2.17. The lowest BCUT2D eigenvalue weighted by Crippen LogP contribution is -2.33. The van der Waals surface area contributed by atoms with Gasteiger partial charge in [-0.3, -0.25) is 9.59 Å². The van der Waals surface area contributed by atoms with Gasteiger partial charge in [-0.2, -0.15) is 5.10 Å². The first-order valence-corrected chi connectivity index (χ1v) is 7.46. The van der Waals surface area contributed by atoms with Gasteiger partial charge in [-0.05, 0) is 12.1 Å². The molecule has 1 amide bonds. The third-order valence-electron chi connectivity index (χ3n) is 2.76. The summed E-state index contributed by atoms with van der Waals surface area (Å²) in [5.74, 6) is -0.640. The Labute approximate surface area is 135 Å². The Morgan fingerprint density at radius 3 is 2.76 bits per heavy atom. The van der Waals surface area contributed by atoms with Gasteiger partial charge in [0.25, 0.3) is 5.91 Å². The van der Waals surface area contributed by atoms with Crippen LogP contribution in [0, 0.1) is 0 Å². The monoisotopic (exact) mass is 399 g/mol. The van der Waals surface area contributed by atoms with E-state index in [1.54, 1.807) is 10.9 Å². The second kappa shape index (κ2) is 7.21. The minimum absolute atomic E-state index is 0.211. The maximum Gasteiger partial charge on any atom is 0.320 e. The number of hydrogen-bond acceptors (Lipinski definition) is 4. The van der Waals surface area contributed by atoms with Crippen LogP contribution < -0.4 is 5.32 Å². The van der Waals surface area contributed by atoms with Gasteiger partial charge < -0.3 is 10.1 Å². The van der Waals surface area contributed by atoms with Gasteiger partial charge in [-0.25, -0.2) is 4.68 Å². The van der Waals surface area contributed by atoms with Crippen LogP contribution in [0.1, 0.15) is 10.4 Å². The van der Waals surface area contributed by atoms with Crippen molar-refractivity contribution in [2.24, 2.45) is 0 Å². The molecular weight excluding hydrogens is 385 g/mol. The molecule has 0 bridgehead atoms. The molecule has 2 rings (SSSR count). The fraction of sp³-hybridized carbons (Fsp3) is 0.214. The van der Waals surface area contributed by atoms with Crippen LogP contribution in [0.25, 0.3) is 5.69 Å². The van der Waals surface area contributed by atoms with Gasteiger partial charge in [0.1, 0.15) is 3.92 Å². The molecule has 6 nitrogen and oxygen atoms in total. The molecular formula is C14H14IN3O3. The minimum atomic E-state index is -0.416. The fourth-order valence-corrected chi connectivity index (χ4v) is 2.13. The van der Waals surface area contributed by atoms with Gasteiger partial charge in [0.05, 0.1) is 24.6 Å². The number of carbonyl (C=O) groups is 2. The fourth-order valence-electron chi connectivity index (χ4n) is 1.66. The number of aromatic nitrogens is 2. The molecule has 0 saturated carbocycles. The SMILES string of the molecule is COC(=O)C(I)CNC(=O)c1cnn(-c2ccccc2)c1. The summed E-state index contributed by atoms with van der Waals surface area (Å²) in [4.78, 5) is 23.2. The molecule has 110 valence electrons. The van der Waals surface area contributed by atoms with E-state index in [0.717, 1.165) is 5.69 Å². The number of ether oxygens (including phenoxy) is 1. The summed E-state index contributed by atoms with van der Waals surface area (Å²) < 4.78 is 5.80. The van der Waals surface area contributed by atoms with E-state index in [1.165, 1.54) is 13.3 Å². The lowest BCUT2D eigenvalue weighted by molar-refractivity contribution is -0.139. The molecule has 0 aliphatic heterocycles. The van der Waals surface area contributed by atoms with E-state index in [1.807, 2.05) is 52.9 Å². The van der Waals surface area contributed by atoms with Gasteiger partial charge >= 0.3 is 5.97 Å². The Bertz CT molecular complexity index is 627. The quantitative estimate of drug-likeness (QED) is 0.471. The van der Waals surface area contributed by atoms with Crippen LogP contribution in [0.15, 0.2) is 42.7 Å². The van der Waals surface area contributed by atoms with Crippen LogP contribution >= 0.6 is 22.6 Å². The van der Waals surface area contributed by atoms with Crippen LogP contribution in [0.4, 0.5) is 0 Å². The third-order valence-corrected chi connectivity index (χ3v) is 3.71. The molecule has 1 heterocycles. The predicted molar refractivity (Wildman–Crippen MR) is 85.7 cm³/mol. The number of benzene rings is 1. The Balaban J connectivity index is 1.98. The zero-order chi connectivity index (χ0) is 15.2. The summed E-state index contributed by atoms with van der Waals surface area (Å²) in [7, 11) is 1.32. The van der Waals surface area contributed by atoms with E-state index < -0.39 is 3.92 Å². The summed E-state index contributed by atoms with van der Waals surface area (Å²) in [6.07, 6.45) is 3.13. The number of nitrogens with one attached hydrogen (secondary N) is 1. The van der Waals surface area contributed by atoms with Crippen molar-refractivity contribution < 1.29 is 14.3 Å². The Morgan fingerprint density at radius 1 is 1.38 bits per heavy atom. The lowest BCUT2D eigenvalue weighted by Gasteiger charge is -2.08. The average Bonchev–Trinajstić information content (AvgIpc) is 3.02.